The average Bonchev–Trinajstić information content (AvgIpc) is 3.37. The minimum atomic E-state index is -0.488. The summed E-state index contributed by atoms with van der Waals surface area (Å²) in [6.07, 6.45) is 1.85. The summed E-state index contributed by atoms with van der Waals surface area (Å²) in [5.74, 6) is 0.742. The van der Waals surface area contributed by atoms with Crippen LogP contribution in [0.3, 0.4) is 0 Å². The molecule has 37 heavy (non-hydrogen) atoms. The number of benzene rings is 3. The Kier molecular flexibility index (Phi) is 5.51. The molecular weight excluding hydrogens is 462 g/mol. The Labute approximate surface area is 212 Å². The number of hydrogen-bond acceptors (Lipinski definition) is 5. The van der Waals surface area contributed by atoms with Crippen molar-refractivity contribution in [3.05, 3.63) is 107 Å². The molecule has 0 saturated heterocycles. The number of hydrogen-bond donors (Lipinski definition) is 1. The number of ether oxygens (including phenoxy) is 1. The molecule has 0 aliphatic heterocycles. The number of nitriles is 1. The lowest BCUT2D eigenvalue weighted by Crippen LogP contribution is -2.06. The summed E-state index contributed by atoms with van der Waals surface area (Å²) in [7, 11) is 0. The minimum Gasteiger partial charge on any atom is -0.494 e. The number of rotatable bonds is 5. The molecule has 1 N–H and O–H groups in total. The summed E-state index contributed by atoms with van der Waals surface area (Å²) in [5.41, 5.74) is 4.90. The second kappa shape index (κ2) is 9.14. The quantitative estimate of drug-likeness (QED) is 0.268. The molecular formula is C31H21N3O3. The van der Waals surface area contributed by atoms with Gasteiger partial charge < -0.3 is 14.1 Å². The van der Waals surface area contributed by atoms with Crippen molar-refractivity contribution in [1.82, 2.24) is 9.97 Å². The van der Waals surface area contributed by atoms with Crippen molar-refractivity contribution in [2.45, 2.75) is 6.92 Å². The van der Waals surface area contributed by atoms with Crippen LogP contribution in [0.15, 0.2) is 100 Å². The van der Waals surface area contributed by atoms with Gasteiger partial charge >= 0.3 is 5.63 Å². The fourth-order valence-corrected chi connectivity index (χ4v) is 4.62. The van der Waals surface area contributed by atoms with E-state index in [1.54, 1.807) is 18.2 Å². The Morgan fingerprint density at radius 1 is 0.946 bits per heavy atom. The molecule has 3 aromatic heterocycles. The van der Waals surface area contributed by atoms with Gasteiger partial charge in [0.1, 0.15) is 17.4 Å². The summed E-state index contributed by atoms with van der Waals surface area (Å²) in [5, 5.41) is 12.1. The minimum absolute atomic E-state index is 0.330. The van der Waals surface area contributed by atoms with Crippen LogP contribution >= 0.6 is 0 Å². The first-order valence-corrected chi connectivity index (χ1v) is 11.9. The van der Waals surface area contributed by atoms with Gasteiger partial charge in [-0.3, -0.25) is 0 Å². The lowest BCUT2D eigenvalue weighted by atomic mass is 9.94. The molecule has 0 bridgehead atoms. The van der Waals surface area contributed by atoms with Crippen LogP contribution in [-0.4, -0.2) is 16.6 Å². The van der Waals surface area contributed by atoms with E-state index in [0.29, 0.717) is 40.3 Å². The van der Waals surface area contributed by atoms with Gasteiger partial charge in [-0.15, -0.1) is 0 Å². The van der Waals surface area contributed by atoms with E-state index < -0.39 is 5.63 Å². The fourth-order valence-electron chi connectivity index (χ4n) is 4.62. The number of aromatic amines is 1. The maximum Gasteiger partial charge on any atom is 0.345 e. The second-order valence-corrected chi connectivity index (χ2v) is 8.58. The topological polar surface area (TPSA) is 91.9 Å². The van der Waals surface area contributed by atoms with Crippen molar-refractivity contribution in [2.75, 3.05) is 6.61 Å². The highest BCUT2D eigenvalue weighted by Crippen LogP contribution is 2.37. The van der Waals surface area contributed by atoms with Crippen molar-refractivity contribution < 1.29 is 9.15 Å². The highest BCUT2D eigenvalue weighted by atomic mass is 16.5. The molecule has 3 heterocycles. The maximum absolute atomic E-state index is 13.1. The molecule has 6 aromatic rings. The number of fused-ring (bicyclic) bond motifs is 2. The van der Waals surface area contributed by atoms with Crippen LogP contribution in [0.2, 0.25) is 0 Å². The highest BCUT2D eigenvalue weighted by molar-refractivity contribution is 5.98. The molecule has 0 saturated carbocycles. The van der Waals surface area contributed by atoms with Crippen LogP contribution in [0, 0.1) is 11.3 Å². The molecule has 3 aromatic carbocycles. The van der Waals surface area contributed by atoms with Crippen LogP contribution in [0.4, 0.5) is 0 Å². The predicted molar refractivity (Wildman–Crippen MR) is 144 cm³/mol. The Bertz CT molecular complexity index is 1880. The van der Waals surface area contributed by atoms with E-state index in [2.05, 4.69) is 11.1 Å². The number of pyridine rings is 1. The largest absolute Gasteiger partial charge is 0.494 e. The lowest BCUT2D eigenvalue weighted by Gasteiger charge is -2.13. The molecule has 6 nitrogen and oxygen atoms in total. The van der Waals surface area contributed by atoms with Crippen LogP contribution in [0.25, 0.3) is 55.5 Å². The van der Waals surface area contributed by atoms with E-state index in [-0.39, 0.29) is 0 Å². The van der Waals surface area contributed by atoms with Crippen LogP contribution in [0.1, 0.15) is 12.5 Å². The van der Waals surface area contributed by atoms with Crippen molar-refractivity contribution in [3.63, 3.8) is 0 Å². The van der Waals surface area contributed by atoms with Gasteiger partial charge in [0.2, 0.25) is 0 Å². The molecule has 0 fully saturated rings. The fraction of sp³-hybridized carbons (Fsp3) is 0.0645. The molecule has 0 radical (unpaired) electrons. The van der Waals surface area contributed by atoms with Gasteiger partial charge in [0.15, 0.2) is 0 Å². The van der Waals surface area contributed by atoms with Gasteiger partial charge in [-0.1, -0.05) is 48.5 Å². The third-order valence-corrected chi connectivity index (χ3v) is 6.37. The average molecular weight is 484 g/mol. The zero-order chi connectivity index (χ0) is 25.4. The monoisotopic (exact) mass is 483 g/mol. The molecule has 0 aliphatic carbocycles. The Balaban J connectivity index is 1.65. The van der Waals surface area contributed by atoms with E-state index in [0.717, 1.165) is 33.2 Å². The van der Waals surface area contributed by atoms with Gasteiger partial charge in [0.05, 0.1) is 29.1 Å². The molecule has 6 rings (SSSR count). The summed E-state index contributed by atoms with van der Waals surface area (Å²) < 4.78 is 11.2. The van der Waals surface area contributed by atoms with E-state index in [1.165, 1.54) is 0 Å². The molecule has 6 heteroatoms. The number of nitrogens with zero attached hydrogens (tertiary/aromatic N) is 2. The third kappa shape index (κ3) is 3.93. The summed E-state index contributed by atoms with van der Waals surface area (Å²) in [6.45, 7) is 2.49. The van der Waals surface area contributed by atoms with Crippen molar-refractivity contribution in [1.29, 1.82) is 5.26 Å². The molecule has 0 atom stereocenters. The maximum atomic E-state index is 13.1. The Morgan fingerprint density at radius 3 is 2.54 bits per heavy atom. The number of nitrogens with one attached hydrogen (secondary N) is 1. The van der Waals surface area contributed by atoms with E-state index in [1.807, 2.05) is 79.9 Å². The predicted octanol–water partition coefficient (Wildman–Crippen LogP) is 6.94. The summed E-state index contributed by atoms with van der Waals surface area (Å²) >= 11 is 0. The van der Waals surface area contributed by atoms with Gasteiger partial charge in [0, 0.05) is 33.6 Å². The van der Waals surface area contributed by atoms with Crippen LogP contribution in [0.5, 0.6) is 5.75 Å². The van der Waals surface area contributed by atoms with E-state index >= 15 is 0 Å². The standard InChI is InChI=1S/C31H21N3O3/c1-2-36-21-13-11-19(12-14-21)23-16-28(24-15-20-7-3-6-10-29(20)37-31(24)35)34-30(25(23)17-32)26-18-33-27-9-5-4-8-22(26)27/h3-16,18,33H,2H2,1H3. The SMILES string of the molecule is CCOc1ccc(-c2cc(-c3cc4ccccc4oc3=O)nc(-c3c[nH]c4ccccc34)c2C#N)cc1. The second-order valence-electron chi connectivity index (χ2n) is 8.58. The van der Waals surface area contributed by atoms with Gasteiger partial charge in [0.25, 0.3) is 0 Å². The molecule has 0 unspecified atom stereocenters. The normalized spacial score (nSPS) is 11.0. The van der Waals surface area contributed by atoms with Crippen LogP contribution < -0.4 is 10.4 Å². The van der Waals surface area contributed by atoms with Crippen molar-refractivity contribution in [2.24, 2.45) is 0 Å². The number of para-hydroxylation sites is 2. The third-order valence-electron chi connectivity index (χ3n) is 6.37. The zero-order valence-electron chi connectivity index (χ0n) is 20.0. The van der Waals surface area contributed by atoms with Gasteiger partial charge in [-0.2, -0.15) is 5.26 Å². The Morgan fingerprint density at radius 2 is 1.73 bits per heavy atom. The zero-order valence-corrected chi connectivity index (χ0v) is 20.0. The van der Waals surface area contributed by atoms with E-state index in [9.17, 15) is 10.1 Å². The first kappa shape index (κ1) is 22.3. The number of H-pyrrole nitrogens is 1. The Hall–Kier alpha value is -5.15. The molecule has 0 aliphatic rings. The number of aromatic nitrogens is 2. The molecule has 0 amide bonds. The highest BCUT2D eigenvalue weighted by Gasteiger charge is 2.21. The van der Waals surface area contributed by atoms with Gasteiger partial charge in [-0.25, -0.2) is 9.78 Å². The van der Waals surface area contributed by atoms with Crippen molar-refractivity contribution >= 4 is 21.9 Å². The smallest absolute Gasteiger partial charge is 0.345 e. The summed E-state index contributed by atoms with van der Waals surface area (Å²) in [4.78, 5) is 21.2. The first-order chi connectivity index (χ1) is 18.2. The lowest BCUT2D eigenvalue weighted by molar-refractivity contribution is 0.340. The summed E-state index contributed by atoms with van der Waals surface area (Å²) in [6, 6.07) is 28.7. The van der Waals surface area contributed by atoms with Gasteiger partial charge in [-0.05, 0) is 48.9 Å². The van der Waals surface area contributed by atoms with Crippen molar-refractivity contribution in [3.8, 4) is 45.5 Å². The van der Waals surface area contributed by atoms with E-state index in [4.69, 9.17) is 14.1 Å². The molecule has 0 spiro atoms. The first-order valence-electron chi connectivity index (χ1n) is 11.9. The van der Waals surface area contributed by atoms with Crippen LogP contribution in [-0.2, 0) is 0 Å². The molecule has 178 valence electrons.